The average Bonchev–Trinajstić information content (AvgIpc) is 2.73. The van der Waals surface area contributed by atoms with Gasteiger partial charge in [-0.1, -0.05) is 57.2 Å². The van der Waals surface area contributed by atoms with E-state index < -0.39 is 0 Å². The summed E-state index contributed by atoms with van der Waals surface area (Å²) in [7, 11) is 4.33. The van der Waals surface area contributed by atoms with Crippen molar-refractivity contribution in [3.63, 3.8) is 0 Å². The number of nitrogens with zero attached hydrogens (tertiary/aromatic N) is 2. The summed E-state index contributed by atoms with van der Waals surface area (Å²) in [4.78, 5) is 2.32. The molecule has 0 spiro atoms. The second-order valence-electron chi connectivity index (χ2n) is 7.11. The zero-order chi connectivity index (χ0) is 15.2. The predicted octanol–water partition coefficient (Wildman–Crippen LogP) is 4.90. The van der Waals surface area contributed by atoms with Crippen LogP contribution in [-0.2, 0) is 0 Å². The molecular formula is C19H24N2. The van der Waals surface area contributed by atoms with Crippen molar-refractivity contribution in [2.24, 2.45) is 5.41 Å². The summed E-state index contributed by atoms with van der Waals surface area (Å²) >= 11 is 0. The van der Waals surface area contributed by atoms with Gasteiger partial charge in [0.25, 0.3) is 0 Å². The highest BCUT2D eigenvalue weighted by molar-refractivity contribution is 6.08. The fourth-order valence-electron chi connectivity index (χ4n) is 3.61. The van der Waals surface area contributed by atoms with Crippen LogP contribution in [0.3, 0.4) is 0 Å². The Morgan fingerprint density at radius 2 is 1.24 bits per heavy atom. The van der Waals surface area contributed by atoms with Crippen LogP contribution in [0.15, 0.2) is 48.5 Å². The number of rotatable bonds is 2. The van der Waals surface area contributed by atoms with Crippen molar-refractivity contribution >= 4 is 21.8 Å². The molecule has 1 unspecified atom stereocenters. The topological polar surface area (TPSA) is 8.17 Å². The highest BCUT2D eigenvalue weighted by Crippen LogP contribution is 2.39. The molecule has 3 aromatic rings. The molecule has 2 heteroatoms. The molecule has 0 saturated heterocycles. The first-order valence-corrected chi connectivity index (χ1v) is 7.55. The highest BCUT2D eigenvalue weighted by Gasteiger charge is 2.30. The quantitative estimate of drug-likeness (QED) is 0.648. The normalized spacial score (nSPS) is 14.2. The third-order valence-corrected chi connectivity index (χ3v) is 4.13. The van der Waals surface area contributed by atoms with Crippen LogP contribution in [0.4, 0.5) is 0 Å². The third kappa shape index (κ3) is 2.24. The van der Waals surface area contributed by atoms with E-state index in [-0.39, 0.29) is 5.41 Å². The van der Waals surface area contributed by atoms with Gasteiger partial charge in [0.1, 0.15) is 0 Å². The fraction of sp³-hybridized carbons (Fsp3) is 0.368. The van der Waals surface area contributed by atoms with Crippen LogP contribution in [0.5, 0.6) is 0 Å². The lowest BCUT2D eigenvalue weighted by Crippen LogP contribution is -2.36. The van der Waals surface area contributed by atoms with E-state index in [4.69, 9.17) is 0 Å². The molecule has 0 amide bonds. The van der Waals surface area contributed by atoms with E-state index in [1.807, 2.05) is 0 Å². The first-order chi connectivity index (χ1) is 9.91. The molecule has 0 aliphatic carbocycles. The molecule has 0 bridgehead atoms. The van der Waals surface area contributed by atoms with Gasteiger partial charge in [-0.05, 0) is 31.6 Å². The average molecular weight is 280 g/mol. The Hall–Kier alpha value is -1.80. The van der Waals surface area contributed by atoms with E-state index in [0.717, 1.165) is 0 Å². The Bertz CT molecular complexity index is 722. The SMILES string of the molecule is CN(C)C(n1c2ccccc2c2ccccc21)C(C)(C)C. The van der Waals surface area contributed by atoms with E-state index in [1.165, 1.54) is 21.8 Å². The summed E-state index contributed by atoms with van der Waals surface area (Å²) < 4.78 is 2.49. The lowest BCUT2D eigenvalue weighted by atomic mass is 9.91. The number of aromatic nitrogens is 1. The van der Waals surface area contributed by atoms with Crippen molar-refractivity contribution in [2.45, 2.75) is 26.9 Å². The zero-order valence-electron chi connectivity index (χ0n) is 13.6. The van der Waals surface area contributed by atoms with E-state index in [2.05, 4.69) is 92.9 Å². The van der Waals surface area contributed by atoms with Crippen LogP contribution >= 0.6 is 0 Å². The van der Waals surface area contributed by atoms with Crippen molar-refractivity contribution in [2.75, 3.05) is 14.1 Å². The fourth-order valence-corrected chi connectivity index (χ4v) is 3.61. The van der Waals surface area contributed by atoms with Crippen LogP contribution in [0, 0.1) is 5.41 Å². The minimum atomic E-state index is 0.147. The standard InChI is InChI=1S/C19H24N2/c1-19(2,3)18(20(4)5)21-16-12-8-6-10-14(16)15-11-7-9-13-17(15)21/h6-13,18H,1-5H3. The number of hydrogen-bond acceptors (Lipinski definition) is 1. The molecule has 1 atom stereocenters. The molecule has 1 aromatic heterocycles. The van der Waals surface area contributed by atoms with E-state index in [9.17, 15) is 0 Å². The Balaban J connectivity index is 2.43. The van der Waals surface area contributed by atoms with Crippen LogP contribution < -0.4 is 0 Å². The van der Waals surface area contributed by atoms with Crippen LogP contribution in [0.2, 0.25) is 0 Å². The van der Waals surface area contributed by atoms with Gasteiger partial charge in [-0.15, -0.1) is 0 Å². The summed E-state index contributed by atoms with van der Waals surface area (Å²) in [5, 5.41) is 2.67. The maximum atomic E-state index is 2.49. The zero-order valence-corrected chi connectivity index (χ0v) is 13.6. The van der Waals surface area contributed by atoms with Crippen molar-refractivity contribution in [1.82, 2.24) is 9.47 Å². The van der Waals surface area contributed by atoms with Crippen molar-refractivity contribution in [3.05, 3.63) is 48.5 Å². The smallest absolute Gasteiger partial charge is 0.0914 e. The largest absolute Gasteiger partial charge is 0.324 e. The lowest BCUT2D eigenvalue weighted by Gasteiger charge is -2.38. The van der Waals surface area contributed by atoms with E-state index >= 15 is 0 Å². The van der Waals surface area contributed by atoms with Crippen LogP contribution in [-0.4, -0.2) is 23.6 Å². The number of para-hydroxylation sites is 2. The number of fused-ring (bicyclic) bond motifs is 3. The molecule has 0 aliphatic rings. The van der Waals surface area contributed by atoms with Gasteiger partial charge >= 0.3 is 0 Å². The third-order valence-electron chi connectivity index (χ3n) is 4.13. The molecule has 0 N–H and O–H groups in total. The Labute approximate surface area is 127 Å². The highest BCUT2D eigenvalue weighted by atomic mass is 15.3. The lowest BCUT2D eigenvalue weighted by molar-refractivity contribution is 0.0954. The summed E-state index contributed by atoms with van der Waals surface area (Å²) in [5.41, 5.74) is 2.77. The van der Waals surface area contributed by atoms with Gasteiger partial charge in [0.15, 0.2) is 0 Å². The first kappa shape index (κ1) is 14.2. The summed E-state index contributed by atoms with van der Waals surface area (Å²) in [5.74, 6) is 0. The van der Waals surface area contributed by atoms with Gasteiger partial charge < -0.3 is 4.57 Å². The molecule has 2 aromatic carbocycles. The van der Waals surface area contributed by atoms with Gasteiger partial charge in [0.05, 0.1) is 17.2 Å². The molecule has 2 nitrogen and oxygen atoms in total. The van der Waals surface area contributed by atoms with Crippen LogP contribution in [0.25, 0.3) is 21.8 Å². The molecule has 0 saturated carbocycles. The summed E-state index contributed by atoms with van der Waals surface area (Å²) in [6, 6.07) is 17.4. The summed E-state index contributed by atoms with van der Waals surface area (Å²) in [6.45, 7) is 6.92. The Morgan fingerprint density at radius 3 is 1.62 bits per heavy atom. The van der Waals surface area contributed by atoms with Gasteiger partial charge in [-0.25, -0.2) is 0 Å². The van der Waals surface area contributed by atoms with Gasteiger partial charge in [-0.2, -0.15) is 0 Å². The predicted molar refractivity (Wildman–Crippen MR) is 91.6 cm³/mol. The molecule has 110 valence electrons. The molecule has 0 fully saturated rings. The van der Waals surface area contributed by atoms with Gasteiger partial charge in [0, 0.05) is 10.8 Å². The second kappa shape index (κ2) is 4.88. The molecule has 0 aliphatic heterocycles. The minimum absolute atomic E-state index is 0.147. The Morgan fingerprint density at radius 1 is 0.810 bits per heavy atom. The van der Waals surface area contributed by atoms with Crippen molar-refractivity contribution < 1.29 is 0 Å². The number of benzene rings is 2. The second-order valence-corrected chi connectivity index (χ2v) is 7.11. The molecule has 0 radical (unpaired) electrons. The molecular weight excluding hydrogens is 256 g/mol. The van der Waals surface area contributed by atoms with Crippen molar-refractivity contribution in [3.8, 4) is 0 Å². The molecule has 21 heavy (non-hydrogen) atoms. The first-order valence-electron chi connectivity index (χ1n) is 7.55. The number of hydrogen-bond donors (Lipinski definition) is 0. The van der Waals surface area contributed by atoms with Crippen molar-refractivity contribution in [1.29, 1.82) is 0 Å². The van der Waals surface area contributed by atoms with Gasteiger partial charge in [-0.3, -0.25) is 4.90 Å². The molecule has 3 rings (SSSR count). The Kier molecular flexibility index (Phi) is 3.29. The van der Waals surface area contributed by atoms with Gasteiger partial charge in [0.2, 0.25) is 0 Å². The van der Waals surface area contributed by atoms with E-state index in [1.54, 1.807) is 0 Å². The monoisotopic (exact) mass is 280 g/mol. The van der Waals surface area contributed by atoms with E-state index in [0.29, 0.717) is 6.17 Å². The maximum absolute atomic E-state index is 2.49. The summed E-state index contributed by atoms with van der Waals surface area (Å²) in [6.07, 6.45) is 0.308. The maximum Gasteiger partial charge on any atom is 0.0914 e. The molecule has 1 heterocycles. The van der Waals surface area contributed by atoms with Crippen LogP contribution in [0.1, 0.15) is 26.9 Å². The minimum Gasteiger partial charge on any atom is -0.324 e.